The van der Waals surface area contributed by atoms with Crippen LogP contribution < -0.4 is 5.32 Å². The summed E-state index contributed by atoms with van der Waals surface area (Å²) in [6.45, 7) is 7.81. The Labute approximate surface area is 132 Å². The van der Waals surface area contributed by atoms with Crippen molar-refractivity contribution in [2.24, 2.45) is 0 Å². The number of nitrogens with one attached hydrogen (secondary N) is 1. The average Bonchev–Trinajstić information content (AvgIpc) is 2.88. The maximum absolute atomic E-state index is 5.38. The van der Waals surface area contributed by atoms with Gasteiger partial charge in [-0.3, -0.25) is 9.30 Å². The van der Waals surface area contributed by atoms with Gasteiger partial charge in [-0.05, 0) is 22.9 Å². The van der Waals surface area contributed by atoms with E-state index in [9.17, 15) is 0 Å². The summed E-state index contributed by atoms with van der Waals surface area (Å²) in [5.74, 6) is 0. The zero-order chi connectivity index (χ0) is 14.7. The van der Waals surface area contributed by atoms with Gasteiger partial charge in [-0.15, -0.1) is 0 Å². The first kappa shape index (κ1) is 14.9. The second-order valence-corrected chi connectivity index (χ2v) is 6.20. The molecule has 3 rings (SSSR count). The topological polar surface area (TPSA) is 54.7 Å². The highest BCUT2D eigenvalue weighted by Gasteiger charge is 2.14. The molecule has 2 aromatic heterocycles. The number of fused-ring (bicyclic) bond motifs is 1. The molecule has 0 aliphatic carbocycles. The number of halogens is 1. The summed E-state index contributed by atoms with van der Waals surface area (Å²) in [7, 11) is 0. The Morgan fingerprint density at radius 3 is 2.95 bits per heavy atom. The highest BCUT2D eigenvalue weighted by atomic mass is 79.9. The van der Waals surface area contributed by atoms with Crippen LogP contribution in [0.15, 0.2) is 23.2 Å². The number of ether oxygens (including phenoxy) is 1. The maximum atomic E-state index is 5.38. The van der Waals surface area contributed by atoms with E-state index in [1.165, 1.54) is 0 Å². The van der Waals surface area contributed by atoms with Gasteiger partial charge >= 0.3 is 0 Å². The quantitative estimate of drug-likeness (QED) is 0.877. The first-order valence-corrected chi connectivity index (χ1v) is 8.02. The molecule has 1 atom stereocenters. The molecule has 0 radical (unpaired) electrons. The Balaban J connectivity index is 1.56. The molecule has 1 unspecified atom stereocenters. The Kier molecular flexibility index (Phi) is 4.84. The first-order valence-electron chi connectivity index (χ1n) is 7.23. The van der Waals surface area contributed by atoms with Crippen LogP contribution >= 0.6 is 15.9 Å². The summed E-state index contributed by atoms with van der Waals surface area (Å²) in [6.07, 6.45) is 5.62. The van der Waals surface area contributed by atoms with Gasteiger partial charge in [-0.1, -0.05) is 0 Å². The molecule has 7 heteroatoms. The van der Waals surface area contributed by atoms with Crippen LogP contribution in [0.3, 0.4) is 0 Å². The lowest BCUT2D eigenvalue weighted by Gasteiger charge is -2.29. The minimum Gasteiger partial charge on any atom is -0.379 e. The number of imidazole rings is 1. The van der Waals surface area contributed by atoms with Crippen molar-refractivity contribution in [3.05, 3.63) is 28.9 Å². The van der Waals surface area contributed by atoms with Crippen LogP contribution in [-0.2, 0) is 11.3 Å². The van der Waals surface area contributed by atoms with Crippen molar-refractivity contribution in [1.82, 2.24) is 24.6 Å². The van der Waals surface area contributed by atoms with Crippen molar-refractivity contribution in [2.75, 3.05) is 32.8 Å². The van der Waals surface area contributed by atoms with E-state index in [4.69, 9.17) is 4.74 Å². The molecule has 0 aromatic carbocycles. The number of rotatable bonds is 5. The van der Waals surface area contributed by atoms with Crippen LogP contribution in [0.25, 0.3) is 5.65 Å². The lowest BCUT2D eigenvalue weighted by Crippen LogP contribution is -2.44. The fraction of sp³-hybridized carbons (Fsp3) is 0.571. The first-order chi connectivity index (χ1) is 10.2. The molecule has 1 fully saturated rings. The molecule has 0 bridgehead atoms. The molecule has 1 aliphatic rings. The SMILES string of the molecule is CC(CN1CCOCC1)NCc1cnc2cnc(Br)cn12. The molecule has 2 aromatic rings. The largest absolute Gasteiger partial charge is 0.379 e. The normalized spacial score (nSPS) is 18.2. The van der Waals surface area contributed by atoms with E-state index in [0.717, 1.165) is 55.3 Å². The molecule has 21 heavy (non-hydrogen) atoms. The highest BCUT2D eigenvalue weighted by Crippen LogP contribution is 2.10. The van der Waals surface area contributed by atoms with Crippen molar-refractivity contribution < 1.29 is 4.74 Å². The predicted octanol–water partition coefficient (Wildman–Crippen LogP) is 1.30. The van der Waals surface area contributed by atoms with Gasteiger partial charge in [0.1, 0.15) is 4.60 Å². The number of hydrogen-bond acceptors (Lipinski definition) is 5. The Morgan fingerprint density at radius 1 is 1.33 bits per heavy atom. The van der Waals surface area contributed by atoms with Crippen LogP contribution in [0, 0.1) is 0 Å². The van der Waals surface area contributed by atoms with Gasteiger partial charge in [0, 0.05) is 38.4 Å². The third-order valence-corrected chi connectivity index (χ3v) is 4.12. The Hall–Kier alpha value is -1.02. The monoisotopic (exact) mass is 353 g/mol. The van der Waals surface area contributed by atoms with Gasteiger partial charge in [0.05, 0.1) is 31.3 Å². The van der Waals surface area contributed by atoms with Crippen LogP contribution in [0.2, 0.25) is 0 Å². The van der Waals surface area contributed by atoms with Crippen LogP contribution in [0.1, 0.15) is 12.6 Å². The van der Waals surface area contributed by atoms with Crippen LogP contribution in [-0.4, -0.2) is 58.2 Å². The lowest BCUT2D eigenvalue weighted by atomic mass is 10.2. The number of morpholine rings is 1. The van der Waals surface area contributed by atoms with E-state index in [0.29, 0.717) is 6.04 Å². The second kappa shape index (κ2) is 6.83. The number of aromatic nitrogens is 3. The minimum absolute atomic E-state index is 0.430. The number of hydrogen-bond donors (Lipinski definition) is 1. The molecule has 3 heterocycles. The van der Waals surface area contributed by atoms with E-state index in [1.54, 1.807) is 6.20 Å². The Bertz CT molecular complexity index is 596. The fourth-order valence-corrected chi connectivity index (χ4v) is 2.87. The number of nitrogens with zero attached hydrogens (tertiary/aromatic N) is 4. The molecular weight excluding hydrogens is 334 g/mol. The molecule has 1 N–H and O–H groups in total. The third kappa shape index (κ3) is 3.79. The molecule has 0 spiro atoms. The van der Waals surface area contributed by atoms with Gasteiger partial charge in [0.25, 0.3) is 0 Å². The minimum atomic E-state index is 0.430. The summed E-state index contributed by atoms with van der Waals surface area (Å²) < 4.78 is 8.25. The van der Waals surface area contributed by atoms with E-state index in [1.807, 2.05) is 12.4 Å². The summed E-state index contributed by atoms with van der Waals surface area (Å²) in [5.41, 5.74) is 2.01. The van der Waals surface area contributed by atoms with Crippen LogP contribution in [0.4, 0.5) is 0 Å². The molecule has 114 valence electrons. The summed E-state index contributed by atoms with van der Waals surface area (Å²) in [4.78, 5) is 11.0. The molecule has 1 saturated heterocycles. The molecule has 1 aliphatic heterocycles. The van der Waals surface area contributed by atoms with Crippen molar-refractivity contribution in [1.29, 1.82) is 0 Å². The molecule has 0 saturated carbocycles. The highest BCUT2D eigenvalue weighted by molar-refractivity contribution is 9.10. The Morgan fingerprint density at radius 2 is 2.14 bits per heavy atom. The van der Waals surface area contributed by atoms with E-state index in [2.05, 4.69) is 47.4 Å². The predicted molar refractivity (Wildman–Crippen MR) is 84.2 cm³/mol. The van der Waals surface area contributed by atoms with Gasteiger partial charge in [0.2, 0.25) is 0 Å². The maximum Gasteiger partial charge on any atom is 0.155 e. The molecular formula is C14H20BrN5O. The average molecular weight is 354 g/mol. The zero-order valence-electron chi connectivity index (χ0n) is 12.1. The third-order valence-electron chi connectivity index (χ3n) is 3.71. The van der Waals surface area contributed by atoms with E-state index >= 15 is 0 Å². The smallest absolute Gasteiger partial charge is 0.155 e. The van der Waals surface area contributed by atoms with E-state index < -0.39 is 0 Å². The van der Waals surface area contributed by atoms with Crippen molar-refractivity contribution in [3.63, 3.8) is 0 Å². The van der Waals surface area contributed by atoms with Gasteiger partial charge in [-0.2, -0.15) is 0 Å². The van der Waals surface area contributed by atoms with Crippen molar-refractivity contribution in [3.8, 4) is 0 Å². The second-order valence-electron chi connectivity index (χ2n) is 5.38. The van der Waals surface area contributed by atoms with Gasteiger partial charge in [0.15, 0.2) is 5.65 Å². The lowest BCUT2D eigenvalue weighted by molar-refractivity contribution is 0.0343. The van der Waals surface area contributed by atoms with Crippen molar-refractivity contribution >= 4 is 21.6 Å². The van der Waals surface area contributed by atoms with Crippen molar-refractivity contribution in [2.45, 2.75) is 19.5 Å². The molecule has 0 amide bonds. The zero-order valence-corrected chi connectivity index (χ0v) is 13.7. The van der Waals surface area contributed by atoms with Gasteiger partial charge < -0.3 is 10.1 Å². The molecule has 6 nitrogen and oxygen atoms in total. The summed E-state index contributed by atoms with van der Waals surface area (Å²) in [5, 5.41) is 3.56. The summed E-state index contributed by atoms with van der Waals surface area (Å²) in [6, 6.07) is 0.430. The fourth-order valence-electron chi connectivity index (χ4n) is 2.56. The van der Waals surface area contributed by atoms with Crippen LogP contribution in [0.5, 0.6) is 0 Å². The van der Waals surface area contributed by atoms with E-state index in [-0.39, 0.29) is 0 Å². The summed E-state index contributed by atoms with van der Waals surface area (Å²) >= 11 is 3.40. The van der Waals surface area contributed by atoms with Gasteiger partial charge in [-0.25, -0.2) is 9.97 Å². The standard InChI is InChI=1S/C14H20BrN5O/c1-11(9-19-2-4-21-5-3-19)16-6-12-7-18-14-8-17-13(15)10-20(12)14/h7-8,10-11,16H,2-6,9H2,1H3.